The van der Waals surface area contributed by atoms with Crippen LogP contribution in [0.2, 0.25) is 0 Å². The summed E-state index contributed by atoms with van der Waals surface area (Å²) in [6.07, 6.45) is 0. The van der Waals surface area contributed by atoms with Crippen molar-refractivity contribution in [2.75, 3.05) is 0 Å². The van der Waals surface area contributed by atoms with Crippen LogP contribution in [0.25, 0.3) is 21.5 Å². The Morgan fingerprint density at radius 3 is 1.36 bits per heavy atom. The lowest BCUT2D eigenvalue weighted by molar-refractivity contribution is 0.0684. The molecule has 2 N–H and O–H groups in total. The summed E-state index contributed by atoms with van der Waals surface area (Å²) in [5, 5.41) is 21.1. The highest BCUT2D eigenvalue weighted by Crippen LogP contribution is 2.28. The van der Waals surface area contributed by atoms with Gasteiger partial charge in [0.2, 0.25) is 0 Å². The van der Waals surface area contributed by atoms with E-state index in [2.05, 4.69) is 0 Å². The lowest BCUT2D eigenvalue weighted by atomic mass is 9.96. The molecule has 0 spiro atoms. The van der Waals surface area contributed by atoms with Gasteiger partial charge in [-0.05, 0) is 45.8 Å². The predicted molar refractivity (Wildman–Crippen MR) is 89.9 cm³/mol. The van der Waals surface area contributed by atoms with Gasteiger partial charge in [-0.2, -0.15) is 0 Å². The molecule has 114 valence electrons. The third kappa shape index (κ3) is 2.84. The zero-order valence-electron chi connectivity index (χ0n) is 11.1. The van der Waals surface area contributed by atoms with Crippen LogP contribution in [0, 0.1) is 0 Å². The number of aromatic carboxylic acids is 2. The average Bonchev–Trinajstić information content (AvgIpc) is 2.43. The first-order valence-electron chi connectivity index (χ1n) is 6.00. The van der Waals surface area contributed by atoms with Crippen molar-refractivity contribution >= 4 is 58.3 Å². The third-order valence-corrected chi connectivity index (χ3v) is 3.34. The maximum atomic E-state index is 11.3. The van der Waals surface area contributed by atoms with Crippen molar-refractivity contribution in [3.05, 3.63) is 59.7 Å². The standard InChI is InChI=1S/C16H10O4.2ClH/c17-15(18)11-5-6-12(16(19)20)14-8-10-4-2-1-3-9(10)7-13(11)14;;/h1-8H,(H,17,18)(H,19,20);2*1H. The Labute approximate surface area is 138 Å². The molecular weight excluding hydrogens is 327 g/mol. The summed E-state index contributed by atoms with van der Waals surface area (Å²) in [5.41, 5.74) is 0.214. The number of carboxylic acids is 2. The van der Waals surface area contributed by atoms with Crippen LogP contribution < -0.4 is 0 Å². The zero-order chi connectivity index (χ0) is 14.3. The summed E-state index contributed by atoms with van der Waals surface area (Å²) < 4.78 is 0. The molecule has 0 saturated heterocycles. The summed E-state index contributed by atoms with van der Waals surface area (Å²) >= 11 is 0. The van der Waals surface area contributed by atoms with Crippen molar-refractivity contribution < 1.29 is 19.8 Å². The van der Waals surface area contributed by atoms with Gasteiger partial charge >= 0.3 is 11.9 Å². The normalized spacial score (nSPS) is 9.82. The molecule has 3 rings (SSSR count). The van der Waals surface area contributed by atoms with Crippen LogP contribution in [0.3, 0.4) is 0 Å². The lowest BCUT2D eigenvalue weighted by Gasteiger charge is -2.08. The minimum absolute atomic E-state index is 0. The summed E-state index contributed by atoms with van der Waals surface area (Å²) in [6.45, 7) is 0. The molecular formula is C16H12Cl2O4. The highest BCUT2D eigenvalue weighted by Gasteiger charge is 2.15. The van der Waals surface area contributed by atoms with Crippen LogP contribution in [0.1, 0.15) is 20.7 Å². The van der Waals surface area contributed by atoms with E-state index in [-0.39, 0.29) is 35.9 Å². The van der Waals surface area contributed by atoms with E-state index in [1.54, 1.807) is 12.1 Å². The van der Waals surface area contributed by atoms with Crippen molar-refractivity contribution in [3.63, 3.8) is 0 Å². The molecule has 0 heterocycles. The number of carboxylic acid groups (broad SMARTS) is 2. The van der Waals surface area contributed by atoms with Gasteiger partial charge in [-0.25, -0.2) is 9.59 Å². The smallest absolute Gasteiger partial charge is 0.336 e. The van der Waals surface area contributed by atoms with Crippen LogP contribution in [0.5, 0.6) is 0 Å². The van der Waals surface area contributed by atoms with Gasteiger partial charge in [0.05, 0.1) is 11.1 Å². The molecule has 4 nitrogen and oxygen atoms in total. The quantitative estimate of drug-likeness (QED) is 0.685. The first-order chi connectivity index (χ1) is 9.58. The molecule has 22 heavy (non-hydrogen) atoms. The highest BCUT2D eigenvalue weighted by atomic mass is 35.5. The van der Waals surface area contributed by atoms with Crippen LogP contribution >= 0.6 is 24.8 Å². The fourth-order valence-electron chi connectivity index (χ4n) is 2.41. The summed E-state index contributed by atoms with van der Waals surface area (Å²) in [7, 11) is 0. The second-order valence-corrected chi connectivity index (χ2v) is 4.52. The van der Waals surface area contributed by atoms with Crippen molar-refractivity contribution in [3.8, 4) is 0 Å². The number of hydrogen-bond acceptors (Lipinski definition) is 2. The van der Waals surface area contributed by atoms with E-state index in [9.17, 15) is 19.8 Å². The van der Waals surface area contributed by atoms with Gasteiger partial charge in [0.25, 0.3) is 0 Å². The second kappa shape index (κ2) is 6.64. The van der Waals surface area contributed by atoms with E-state index >= 15 is 0 Å². The van der Waals surface area contributed by atoms with Gasteiger partial charge < -0.3 is 10.2 Å². The monoisotopic (exact) mass is 338 g/mol. The maximum absolute atomic E-state index is 11.3. The number of benzene rings is 3. The minimum atomic E-state index is -1.07. The van der Waals surface area contributed by atoms with E-state index in [4.69, 9.17) is 0 Å². The maximum Gasteiger partial charge on any atom is 0.336 e. The first kappa shape index (κ1) is 17.8. The molecule has 0 atom stereocenters. The van der Waals surface area contributed by atoms with Gasteiger partial charge in [0, 0.05) is 0 Å². The molecule has 0 aliphatic rings. The Hall–Kier alpha value is -2.30. The third-order valence-electron chi connectivity index (χ3n) is 3.34. The molecule has 0 saturated carbocycles. The van der Waals surface area contributed by atoms with E-state index in [0.717, 1.165) is 10.8 Å². The van der Waals surface area contributed by atoms with Gasteiger partial charge in [-0.3, -0.25) is 0 Å². The topological polar surface area (TPSA) is 74.6 Å². The molecule has 0 bridgehead atoms. The van der Waals surface area contributed by atoms with E-state index < -0.39 is 11.9 Å². The van der Waals surface area contributed by atoms with Crippen LogP contribution in [-0.2, 0) is 0 Å². The Morgan fingerprint density at radius 2 is 1.05 bits per heavy atom. The largest absolute Gasteiger partial charge is 0.478 e. The van der Waals surface area contributed by atoms with Crippen LogP contribution in [0.15, 0.2) is 48.5 Å². The first-order valence-corrected chi connectivity index (χ1v) is 6.00. The molecule has 0 fully saturated rings. The molecule has 0 radical (unpaired) electrons. The van der Waals surface area contributed by atoms with Crippen molar-refractivity contribution in [1.82, 2.24) is 0 Å². The van der Waals surface area contributed by atoms with E-state index in [0.29, 0.717) is 10.8 Å². The number of hydrogen-bond donors (Lipinski definition) is 2. The average molecular weight is 339 g/mol. The fraction of sp³-hybridized carbons (Fsp3) is 0. The second-order valence-electron chi connectivity index (χ2n) is 4.52. The Bertz CT molecular complexity index is 803. The van der Waals surface area contributed by atoms with Crippen molar-refractivity contribution in [1.29, 1.82) is 0 Å². The summed E-state index contributed by atoms with van der Waals surface area (Å²) in [4.78, 5) is 22.6. The van der Waals surface area contributed by atoms with E-state index in [1.807, 2.05) is 24.3 Å². The van der Waals surface area contributed by atoms with Crippen LogP contribution in [-0.4, -0.2) is 22.2 Å². The number of carbonyl (C=O) groups is 2. The molecule has 0 aliphatic heterocycles. The predicted octanol–water partition coefficient (Wildman–Crippen LogP) is 4.23. The van der Waals surface area contributed by atoms with Gasteiger partial charge in [-0.15, -0.1) is 24.8 Å². The highest BCUT2D eigenvalue weighted by molar-refractivity contribution is 6.14. The molecule has 3 aromatic rings. The number of fused-ring (bicyclic) bond motifs is 2. The summed E-state index contributed by atoms with van der Waals surface area (Å²) in [5.74, 6) is -2.13. The Morgan fingerprint density at radius 1 is 0.682 bits per heavy atom. The SMILES string of the molecule is Cl.Cl.O=C(O)c1ccc(C(=O)O)c2cc3ccccc3cc12. The van der Waals surface area contributed by atoms with Crippen molar-refractivity contribution in [2.45, 2.75) is 0 Å². The fourth-order valence-corrected chi connectivity index (χ4v) is 2.41. The molecule has 0 aliphatic carbocycles. The number of halogens is 2. The number of rotatable bonds is 2. The molecule has 3 aromatic carbocycles. The van der Waals surface area contributed by atoms with Crippen molar-refractivity contribution in [2.24, 2.45) is 0 Å². The zero-order valence-corrected chi connectivity index (χ0v) is 12.8. The Kier molecular flexibility index (Phi) is 5.36. The molecule has 0 amide bonds. The van der Waals surface area contributed by atoms with E-state index in [1.165, 1.54) is 12.1 Å². The molecule has 0 aromatic heterocycles. The lowest BCUT2D eigenvalue weighted by Crippen LogP contribution is -2.03. The van der Waals surface area contributed by atoms with Gasteiger partial charge in [0.1, 0.15) is 0 Å². The summed E-state index contributed by atoms with van der Waals surface area (Å²) in [6, 6.07) is 13.6. The molecule has 6 heteroatoms. The Balaban J connectivity index is 0.00000121. The molecule has 0 unspecified atom stereocenters. The van der Waals surface area contributed by atoms with Gasteiger partial charge in [-0.1, -0.05) is 24.3 Å². The minimum Gasteiger partial charge on any atom is -0.478 e. The van der Waals surface area contributed by atoms with Gasteiger partial charge in [0.15, 0.2) is 0 Å². The van der Waals surface area contributed by atoms with Crippen LogP contribution in [0.4, 0.5) is 0 Å².